The van der Waals surface area contributed by atoms with E-state index in [9.17, 15) is 4.79 Å². The summed E-state index contributed by atoms with van der Waals surface area (Å²) in [5, 5.41) is 11.5. The molecule has 2 N–H and O–H groups in total. The zero-order valence-electron chi connectivity index (χ0n) is 10.6. The highest BCUT2D eigenvalue weighted by Gasteiger charge is 2.08. The predicted molar refractivity (Wildman–Crippen MR) is 69.6 cm³/mol. The first-order chi connectivity index (χ1) is 8.72. The van der Waals surface area contributed by atoms with Crippen LogP contribution in [-0.4, -0.2) is 31.3 Å². The van der Waals surface area contributed by atoms with Crippen molar-refractivity contribution in [3.05, 3.63) is 29.3 Å². The summed E-state index contributed by atoms with van der Waals surface area (Å²) in [6.07, 6.45) is 0.888. The van der Waals surface area contributed by atoms with Gasteiger partial charge in [-0.3, -0.25) is 4.79 Å². The lowest BCUT2D eigenvalue weighted by atomic mass is 10.1. The van der Waals surface area contributed by atoms with Crippen molar-refractivity contribution >= 4 is 5.91 Å². The number of nitrogens with one attached hydrogen (secondary N) is 1. The largest absolute Gasteiger partial charge is 0.495 e. The Morgan fingerprint density at radius 3 is 2.89 bits per heavy atom. The standard InChI is InChI=1S/C14H17NO3/c1-3-8-15-14(17)12-6-7-13(18-2)11(10-12)5-4-9-16/h6-7,10,16H,3,8-9H2,1-2H3,(H,15,17). The van der Waals surface area contributed by atoms with Crippen LogP contribution in [0, 0.1) is 11.8 Å². The molecule has 4 nitrogen and oxygen atoms in total. The molecule has 0 atom stereocenters. The van der Waals surface area contributed by atoms with Gasteiger partial charge in [0, 0.05) is 12.1 Å². The van der Waals surface area contributed by atoms with E-state index in [0.29, 0.717) is 23.4 Å². The summed E-state index contributed by atoms with van der Waals surface area (Å²) < 4.78 is 5.14. The van der Waals surface area contributed by atoms with Gasteiger partial charge in [-0.1, -0.05) is 18.8 Å². The third-order valence-electron chi connectivity index (χ3n) is 2.30. The molecular weight excluding hydrogens is 230 g/mol. The second kappa shape index (κ2) is 7.36. The van der Waals surface area contributed by atoms with Crippen LogP contribution >= 0.6 is 0 Å². The summed E-state index contributed by atoms with van der Waals surface area (Å²) in [7, 11) is 1.54. The molecule has 0 saturated carbocycles. The summed E-state index contributed by atoms with van der Waals surface area (Å²) in [4.78, 5) is 11.8. The predicted octanol–water partition coefficient (Wildman–Crippen LogP) is 1.18. The van der Waals surface area contributed by atoms with Gasteiger partial charge in [0.2, 0.25) is 0 Å². The fraction of sp³-hybridized carbons (Fsp3) is 0.357. The van der Waals surface area contributed by atoms with Gasteiger partial charge in [0.05, 0.1) is 12.7 Å². The van der Waals surface area contributed by atoms with Crippen LogP contribution in [0.25, 0.3) is 0 Å². The van der Waals surface area contributed by atoms with Gasteiger partial charge in [0.15, 0.2) is 0 Å². The van der Waals surface area contributed by atoms with E-state index in [2.05, 4.69) is 17.2 Å². The Hall–Kier alpha value is -1.99. The van der Waals surface area contributed by atoms with Crippen molar-refractivity contribution in [3.63, 3.8) is 0 Å². The fourth-order valence-electron chi connectivity index (χ4n) is 1.42. The summed E-state index contributed by atoms with van der Waals surface area (Å²) in [6, 6.07) is 5.04. The van der Waals surface area contributed by atoms with E-state index in [1.165, 1.54) is 7.11 Å². The van der Waals surface area contributed by atoms with Crippen LogP contribution in [0.3, 0.4) is 0 Å². The van der Waals surface area contributed by atoms with Gasteiger partial charge >= 0.3 is 0 Å². The fourth-order valence-corrected chi connectivity index (χ4v) is 1.42. The maximum Gasteiger partial charge on any atom is 0.251 e. The Morgan fingerprint density at radius 2 is 2.28 bits per heavy atom. The molecule has 0 bridgehead atoms. The second-order valence-electron chi connectivity index (χ2n) is 3.63. The van der Waals surface area contributed by atoms with E-state index in [-0.39, 0.29) is 12.5 Å². The third-order valence-corrected chi connectivity index (χ3v) is 2.30. The molecule has 96 valence electrons. The molecule has 0 aliphatic heterocycles. The van der Waals surface area contributed by atoms with Crippen molar-refractivity contribution in [1.29, 1.82) is 0 Å². The first-order valence-electron chi connectivity index (χ1n) is 5.78. The molecule has 4 heteroatoms. The molecular formula is C14H17NO3. The minimum atomic E-state index is -0.227. The van der Waals surface area contributed by atoms with Crippen molar-refractivity contribution in [3.8, 4) is 17.6 Å². The van der Waals surface area contributed by atoms with Gasteiger partial charge in [-0.05, 0) is 24.6 Å². The molecule has 0 aliphatic rings. The number of ether oxygens (including phenoxy) is 1. The molecule has 0 aromatic heterocycles. The molecule has 0 fully saturated rings. The molecule has 0 heterocycles. The second-order valence-corrected chi connectivity index (χ2v) is 3.63. The number of amides is 1. The van der Waals surface area contributed by atoms with Gasteiger partial charge in [-0.15, -0.1) is 0 Å². The quantitative estimate of drug-likeness (QED) is 0.785. The first kappa shape index (κ1) is 14.1. The van der Waals surface area contributed by atoms with E-state index < -0.39 is 0 Å². The monoisotopic (exact) mass is 247 g/mol. The van der Waals surface area contributed by atoms with Gasteiger partial charge in [-0.2, -0.15) is 0 Å². The van der Waals surface area contributed by atoms with Gasteiger partial charge < -0.3 is 15.2 Å². The van der Waals surface area contributed by atoms with E-state index in [0.717, 1.165) is 6.42 Å². The summed E-state index contributed by atoms with van der Waals surface area (Å²) in [6.45, 7) is 2.41. The van der Waals surface area contributed by atoms with E-state index in [1.54, 1.807) is 18.2 Å². The van der Waals surface area contributed by atoms with Gasteiger partial charge in [0.1, 0.15) is 12.4 Å². The molecule has 18 heavy (non-hydrogen) atoms. The van der Waals surface area contributed by atoms with Crippen molar-refractivity contribution in [2.24, 2.45) is 0 Å². The Kier molecular flexibility index (Phi) is 5.75. The Bertz CT molecular complexity index is 472. The summed E-state index contributed by atoms with van der Waals surface area (Å²) in [5.41, 5.74) is 1.13. The topological polar surface area (TPSA) is 58.6 Å². The number of carbonyl (C=O) groups excluding carboxylic acids is 1. The minimum absolute atomic E-state index is 0.133. The van der Waals surface area contributed by atoms with Crippen LogP contribution in [-0.2, 0) is 0 Å². The van der Waals surface area contributed by atoms with Gasteiger partial charge in [0.25, 0.3) is 5.91 Å². The maximum absolute atomic E-state index is 11.8. The van der Waals surface area contributed by atoms with Crippen LogP contribution < -0.4 is 10.1 Å². The number of benzene rings is 1. The zero-order valence-corrected chi connectivity index (χ0v) is 10.6. The summed E-state index contributed by atoms with van der Waals surface area (Å²) in [5.74, 6) is 5.76. The molecule has 0 radical (unpaired) electrons. The lowest BCUT2D eigenvalue weighted by Gasteiger charge is -2.07. The van der Waals surface area contributed by atoms with Crippen LogP contribution in [0.5, 0.6) is 5.75 Å². The normalized spacial score (nSPS) is 9.28. The smallest absolute Gasteiger partial charge is 0.251 e. The van der Waals surface area contributed by atoms with Crippen molar-refractivity contribution in [2.45, 2.75) is 13.3 Å². The maximum atomic E-state index is 11.8. The first-order valence-corrected chi connectivity index (χ1v) is 5.78. The average molecular weight is 247 g/mol. The number of carbonyl (C=O) groups is 1. The third kappa shape index (κ3) is 3.79. The van der Waals surface area contributed by atoms with Crippen LogP contribution in [0.2, 0.25) is 0 Å². The molecule has 1 rings (SSSR count). The molecule has 0 unspecified atom stereocenters. The van der Waals surface area contributed by atoms with E-state index in [4.69, 9.17) is 9.84 Å². The number of aliphatic hydroxyl groups excluding tert-OH is 1. The lowest BCUT2D eigenvalue weighted by molar-refractivity contribution is 0.0953. The highest BCUT2D eigenvalue weighted by molar-refractivity contribution is 5.94. The van der Waals surface area contributed by atoms with Crippen molar-refractivity contribution < 1.29 is 14.6 Å². The number of hydrogen-bond donors (Lipinski definition) is 2. The molecule has 1 aromatic rings. The van der Waals surface area contributed by atoms with Gasteiger partial charge in [-0.25, -0.2) is 0 Å². The zero-order chi connectivity index (χ0) is 13.4. The number of methoxy groups -OCH3 is 1. The van der Waals surface area contributed by atoms with E-state index >= 15 is 0 Å². The van der Waals surface area contributed by atoms with Crippen molar-refractivity contribution in [1.82, 2.24) is 5.32 Å². The highest BCUT2D eigenvalue weighted by Crippen LogP contribution is 2.18. The molecule has 1 aromatic carbocycles. The summed E-state index contributed by atoms with van der Waals surface area (Å²) >= 11 is 0. The Labute approximate surface area is 107 Å². The molecule has 1 amide bonds. The Balaban J connectivity index is 2.98. The molecule has 0 spiro atoms. The Morgan fingerprint density at radius 1 is 1.50 bits per heavy atom. The highest BCUT2D eigenvalue weighted by atomic mass is 16.5. The van der Waals surface area contributed by atoms with Crippen molar-refractivity contribution in [2.75, 3.05) is 20.3 Å². The SMILES string of the molecule is CCCNC(=O)c1ccc(OC)c(C#CCO)c1. The minimum Gasteiger partial charge on any atom is -0.495 e. The number of aliphatic hydroxyl groups is 1. The van der Waals surface area contributed by atoms with Crippen LogP contribution in [0.4, 0.5) is 0 Å². The van der Waals surface area contributed by atoms with Crippen LogP contribution in [0.1, 0.15) is 29.3 Å². The number of rotatable bonds is 4. The molecule has 0 saturated heterocycles. The lowest BCUT2D eigenvalue weighted by Crippen LogP contribution is -2.23. The van der Waals surface area contributed by atoms with Crippen LogP contribution in [0.15, 0.2) is 18.2 Å². The average Bonchev–Trinajstić information content (AvgIpc) is 2.42. The molecule has 0 aliphatic carbocycles. The van der Waals surface area contributed by atoms with E-state index in [1.807, 2.05) is 6.92 Å². The number of hydrogen-bond acceptors (Lipinski definition) is 3.